The lowest BCUT2D eigenvalue weighted by Gasteiger charge is -2.00. The number of aliphatic hydroxyl groups is 1. The van der Waals surface area contributed by atoms with E-state index in [1.54, 1.807) is 0 Å². The molecule has 2 nitrogen and oxygen atoms in total. The lowest BCUT2D eigenvalue weighted by atomic mass is 10.2. The maximum Gasteiger partial charge on any atom is 0.0431 e. The summed E-state index contributed by atoms with van der Waals surface area (Å²) in [5, 5.41) is 12.7. The fourth-order valence-corrected chi connectivity index (χ4v) is 1.62. The molecule has 0 saturated carbocycles. The fraction of sp³-hybridized carbons (Fsp3) is 0.429. The molecule has 1 rings (SSSR count). The molecule has 0 saturated heterocycles. The molecule has 0 amide bonds. The lowest BCUT2D eigenvalue weighted by molar-refractivity contribution is 0.283. The Morgan fingerprint density at radius 1 is 1.11 bits per heavy atom. The molecule has 2 N–H and O–H groups in total. The van der Waals surface area contributed by atoms with Gasteiger partial charge < -0.3 is 10.4 Å². The van der Waals surface area contributed by atoms with Crippen LogP contribution < -0.4 is 5.32 Å². The van der Waals surface area contributed by atoms with E-state index in [4.69, 9.17) is 16.7 Å². The third kappa shape index (κ3) is 8.54. The van der Waals surface area contributed by atoms with Crippen LogP contribution in [0.15, 0.2) is 30.3 Å². The number of rotatable bonds is 8. The summed E-state index contributed by atoms with van der Waals surface area (Å²) in [4.78, 5) is 0. The van der Waals surface area contributed by atoms with Crippen LogP contribution >= 0.6 is 24.0 Å². The van der Waals surface area contributed by atoms with Crippen molar-refractivity contribution >= 4 is 30.1 Å². The maximum atomic E-state index is 8.61. The molecule has 0 aliphatic heterocycles. The molecule has 102 valence electrons. The van der Waals surface area contributed by atoms with Gasteiger partial charge in [0.25, 0.3) is 0 Å². The minimum atomic E-state index is 0. The maximum absolute atomic E-state index is 8.61. The van der Waals surface area contributed by atoms with Crippen LogP contribution in [0.4, 0.5) is 0 Å². The van der Waals surface area contributed by atoms with Crippen LogP contribution in [0.3, 0.4) is 0 Å². The zero-order valence-electron chi connectivity index (χ0n) is 10.4. The van der Waals surface area contributed by atoms with Gasteiger partial charge in [0.15, 0.2) is 0 Å². The van der Waals surface area contributed by atoms with Crippen LogP contribution in [-0.4, -0.2) is 24.8 Å². The van der Waals surface area contributed by atoms with Crippen LogP contribution in [0.5, 0.6) is 0 Å². The molecule has 0 aliphatic rings. The second-order valence-electron chi connectivity index (χ2n) is 3.94. The third-order valence-corrected chi connectivity index (χ3v) is 2.71. The normalized spacial score (nSPS) is 10.6. The summed E-state index contributed by atoms with van der Waals surface area (Å²) >= 11 is 5.80. The van der Waals surface area contributed by atoms with E-state index in [-0.39, 0.29) is 12.4 Å². The summed E-state index contributed by atoms with van der Waals surface area (Å²) in [6.45, 7) is 2.18. The van der Waals surface area contributed by atoms with Gasteiger partial charge in [-0.05, 0) is 43.5 Å². The highest BCUT2D eigenvalue weighted by molar-refractivity contribution is 6.30. The summed E-state index contributed by atoms with van der Waals surface area (Å²) in [7, 11) is 0. The lowest BCUT2D eigenvalue weighted by Crippen LogP contribution is -2.14. The molecule has 0 aliphatic carbocycles. The van der Waals surface area contributed by atoms with Crippen LogP contribution in [0.2, 0.25) is 5.02 Å². The van der Waals surface area contributed by atoms with E-state index in [0.29, 0.717) is 6.61 Å². The molecule has 18 heavy (non-hydrogen) atoms. The summed E-state index contributed by atoms with van der Waals surface area (Å²) in [6, 6.07) is 7.78. The Labute approximate surface area is 120 Å². The van der Waals surface area contributed by atoms with Crippen molar-refractivity contribution in [3.63, 3.8) is 0 Å². The van der Waals surface area contributed by atoms with Crippen molar-refractivity contribution in [3.05, 3.63) is 40.9 Å². The van der Waals surface area contributed by atoms with Crippen molar-refractivity contribution in [2.24, 2.45) is 0 Å². The van der Waals surface area contributed by atoms with Crippen molar-refractivity contribution in [1.29, 1.82) is 0 Å². The average Bonchev–Trinajstić information content (AvgIpc) is 2.35. The van der Waals surface area contributed by atoms with Crippen LogP contribution in [0, 0.1) is 0 Å². The van der Waals surface area contributed by atoms with Crippen molar-refractivity contribution < 1.29 is 5.11 Å². The van der Waals surface area contributed by atoms with Gasteiger partial charge in [-0.1, -0.05) is 35.9 Å². The second kappa shape index (κ2) is 11.5. The Morgan fingerprint density at radius 2 is 1.83 bits per heavy atom. The largest absolute Gasteiger partial charge is 0.396 e. The van der Waals surface area contributed by atoms with Crippen LogP contribution in [0.25, 0.3) is 6.08 Å². The van der Waals surface area contributed by atoms with Crippen LogP contribution in [0.1, 0.15) is 24.8 Å². The molecule has 0 heterocycles. The Hall–Kier alpha value is -0.540. The number of unbranched alkanes of at least 4 members (excludes halogenated alkanes) is 2. The van der Waals surface area contributed by atoms with Gasteiger partial charge in [-0.3, -0.25) is 0 Å². The molecule has 0 unspecified atom stereocenters. The highest BCUT2D eigenvalue weighted by atomic mass is 35.5. The Morgan fingerprint density at radius 3 is 2.50 bits per heavy atom. The smallest absolute Gasteiger partial charge is 0.0431 e. The minimum absolute atomic E-state index is 0. The molecule has 1 aromatic carbocycles. The summed E-state index contributed by atoms with van der Waals surface area (Å²) in [5.74, 6) is 0. The van der Waals surface area contributed by atoms with Gasteiger partial charge in [-0.2, -0.15) is 0 Å². The van der Waals surface area contributed by atoms with E-state index < -0.39 is 0 Å². The first-order valence-electron chi connectivity index (χ1n) is 6.06. The van der Waals surface area contributed by atoms with Crippen molar-refractivity contribution in [1.82, 2.24) is 5.32 Å². The molecular weight excluding hydrogens is 269 g/mol. The molecule has 4 heteroatoms. The van der Waals surface area contributed by atoms with Gasteiger partial charge >= 0.3 is 0 Å². The second-order valence-corrected chi connectivity index (χ2v) is 4.38. The van der Waals surface area contributed by atoms with E-state index in [1.165, 1.54) is 0 Å². The number of hydrogen-bond donors (Lipinski definition) is 2. The molecule has 0 fully saturated rings. The summed E-state index contributed by atoms with van der Waals surface area (Å²) in [5.41, 5.74) is 1.16. The van der Waals surface area contributed by atoms with Gasteiger partial charge in [0.05, 0.1) is 0 Å². The van der Waals surface area contributed by atoms with E-state index in [0.717, 1.165) is 42.9 Å². The van der Waals surface area contributed by atoms with Gasteiger partial charge in [0, 0.05) is 18.2 Å². The number of hydrogen-bond acceptors (Lipinski definition) is 2. The summed E-state index contributed by atoms with van der Waals surface area (Å²) in [6.07, 6.45) is 7.30. The SMILES string of the molecule is Cl.OCCCCCNC/C=C/c1ccc(Cl)cc1. The first-order valence-corrected chi connectivity index (χ1v) is 6.44. The third-order valence-electron chi connectivity index (χ3n) is 2.45. The first kappa shape index (κ1) is 17.5. The number of aliphatic hydroxyl groups excluding tert-OH is 1. The van der Waals surface area contributed by atoms with Gasteiger partial charge in [-0.25, -0.2) is 0 Å². The standard InChI is InChI=1S/C14H20ClNO.ClH/c15-14-8-6-13(7-9-14)5-4-11-16-10-2-1-3-12-17;/h4-9,16-17H,1-3,10-12H2;1H/b5-4+;. The molecule has 0 bridgehead atoms. The summed E-state index contributed by atoms with van der Waals surface area (Å²) < 4.78 is 0. The predicted molar refractivity (Wildman–Crippen MR) is 81.5 cm³/mol. The molecule has 0 spiro atoms. The predicted octanol–water partition coefficient (Wildman–Crippen LogP) is 3.53. The van der Waals surface area contributed by atoms with E-state index in [2.05, 4.69) is 17.5 Å². The van der Waals surface area contributed by atoms with Crippen molar-refractivity contribution in [2.75, 3.05) is 19.7 Å². The zero-order chi connectivity index (χ0) is 12.3. The average molecular weight is 290 g/mol. The number of nitrogens with one attached hydrogen (secondary N) is 1. The van der Waals surface area contributed by atoms with Gasteiger partial charge in [-0.15, -0.1) is 12.4 Å². The molecule has 0 atom stereocenters. The Bertz CT molecular complexity index is 325. The first-order chi connectivity index (χ1) is 8.33. The molecular formula is C14H21Cl2NO. The number of halogens is 2. The van der Waals surface area contributed by atoms with E-state index in [9.17, 15) is 0 Å². The van der Waals surface area contributed by atoms with Crippen molar-refractivity contribution in [2.45, 2.75) is 19.3 Å². The van der Waals surface area contributed by atoms with Gasteiger partial charge in [0.2, 0.25) is 0 Å². The van der Waals surface area contributed by atoms with E-state index >= 15 is 0 Å². The van der Waals surface area contributed by atoms with Crippen LogP contribution in [-0.2, 0) is 0 Å². The Balaban J connectivity index is 0.00000289. The molecule has 0 aromatic heterocycles. The fourth-order valence-electron chi connectivity index (χ4n) is 1.49. The monoisotopic (exact) mass is 289 g/mol. The quantitative estimate of drug-likeness (QED) is 0.718. The van der Waals surface area contributed by atoms with Crippen molar-refractivity contribution in [3.8, 4) is 0 Å². The highest BCUT2D eigenvalue weighted by Crippen LogP contribution is 2.10. The van der Waals surface area contributed by atoms with Gasteiger partial charge in [0.1, 0.15) is 0 Å². The zero-order valence-corrected chi connectivity index (χ0v) is 12.0. The molecule has 0 radical (unpaired) electrons. The topological polar surface area (TPSA) is 32.3 Å². The Kier molecular flexibility index (Phi) is 11.2. The number of benzene rings is 1. The molecule has 1 aromatic rings. The highest BCUT2D eigenvalue weighted by Gasteiger charge is 1.88. The minimum Gasteiger partial charge on any atom is -0.396 e. The van der Waals surface area contributed by atoms with E-state index in [1.807, 2.05) is 24.3 Å².